The molecule has 9 heteroatoms. The van der Waals surface area contributed by atoms with E-state index in [-0.39, 0.29) is 16.9 Å². The fraction of sp³-hybridized carbons (Fsp3) is 0.0435. The fourth-order valence-corrected chi connectivity index (χ4v) is 4.19. The molecule has 1 amide bonds. The van der Waals surface area contributed by atoms with Crippen LogP contribution < -0.4 is 10.1 Å². The molecule has 0 spiro atoms. The number of nitro benzene ring substituents is 1. The molecule has 3 rings (SSSR count). The summed E-state index contributed by atoms with van der Waals surface area (Å²) in [4.78, 5) is 22.8. The zero-order valence-electron chi connectivity index (χ0n) is 16.4. The van der Waals surface area contributed by atoms with Crippen LogP contribution in [0.2, 0.25) is 0 Å². The summed E-state index contributed by atoms with van der Waals surface area (Å²) in [6, 6.07) is 20.5. The number of nitriles is 1. The molecule has 3 aromatic carbocycles. The molecule has 160 valence electrons. The number of benzene rings is 3. The van der Waals surface area contributed by atoms with Gasteiger partial charge in [0, 0.05) is 17.8 Å². The number of hydrogen-bond donors (Lipinski definition) is 1. The number of ether oxygens (including phenoxy) is 1. The van der Waals surface area contributed by atoms with Gasteiger partial charge in [-0.25, -0.2) is 0 Å². The van der Waals surface area contributed by atoms with Crippen molar-refractivity contribution in [2.24, 2.45) is 0 Å². The third-order valence-electron chi connectivity index (χ3n) is 4.24. The maximum atomic E-state index is 12.5. The minimum Gasteiger partial charge on any atom is -0.487 e. The standard InChI is InChI=1S/C23H15Br2N3O4/c24-20-10-16(11-21(25)22(20)32-14-15-5-2-1-3-6-15)9-17(13-26)23(29)27-18-7-4-8-19(12-18)28(30)31/h1-12H,14H2,(H,27,29)/b17-9+. The Morgan fingerprint density at radius 2 is 1.78 bits per heavy atom. The maximum absolute atomic E-state index is 12.5. The average Bonchev–Trinajstić information content (AvgIpc) is 2.77. The highest BCUT2D eigenvalue weighted by atomic mass is 79.9. The highest BCUT2D eigenvalue weighted by Gasteiger charge is 2.14. The molecule has 0 heterocycles. The third kappa shape index (κ3) is 6.03. The summed E-state index contributed by atoms with van der Waals surface area (Å²) >= 11 is 6.93. The van der Waals surface area contributed by atoms with Crippen molar-refractivity contribution in [1.29, 1.82) is 5.26 Å². The first-order valence-electron chi connectivity index (χ1n) is 9.20. The first-order chi connectivity index (χ1) is 15.4. The Kier molecular flexibility index (Phi) is 7.76. The van der Waals surface area contributed by atoms with Gasteiger partial charge < -0.3 is 10.1 Å². The van der Waals surface area contributed by atoms with E-state index in [9.17, 15) is 20.2 Å². The number of carbonyl (C=O) groups excluding carboxylic acids is 1. The van der Waals surface area contributed by atoms with Crippen molar-refractivity contribution in [2.45, 2.75) is 6.61 Å². The Bertz CT molecular complexity index is 1210. The van der Waals surface area contributed by atoms with E-state index in [1.807, 2.05) is 36.4 Å². The lowest BCUT2D eigenvalue weighted by atomic mass is 10.1. The van der Waals surface area contributed by atoms with E-state index >= 15 is 0 Å². The summed E-state index contributed by atoms with van der Waals surface area (Å²) in [5, 5.41) is 22.9. The van der Waals surface area contributed by atoms with Crippen molar-refractivity contribution in [3.63, 3.8) is 0 Å². The highest BCUT2D eigenvalue weighted by Crippen LogP contribution is 2.36. The topological polar surface area (TPSA) is 105 Å². The normalized spacial score (nSPS) is 10.8. The van der Waals surface area contributed by atoms with Gasteiger partial charge in [0.05, 0.1) is 13.9 Å². The Labute approximate surface area is 200 Å². The van der Waals surface area contributed by atoms with Gasteiger partial charge in [-0.15, -0.1) is 0 Å². The molecule has 3 aromatic rings. The van der Waals surface area contributed by atoms with Crippen molar-refractivity contribution in [3.05, 3.63) is 102 Å². The number of nitro groups is 1. The average molecular weight is 557 g/mol. The molecule has 0 unspecified atom stereocenters. The summed E-state index contributed by atoms with van der Waals surface area (Å²) in [6.45, 7) is 0.377. The molecule has 0 bridgehead atoms. The summed E-state index contributed by atoms with van der Waals surface area (Å²) < 4.78 is 7.17. The number of non-ortho nitro benzene ring substituents is 1. The van der Waals surface area contributed by atoms with Crippen LogP contribution in [0.15, 0.2) is 81.2 Å². The molecule has 0 atom stereocenters. The van der Waals surface area contributed by atoms with Gasteiger partial charge in [0.25, 0.3) is 11.6 Å². The number of anilines is 1. The van der Waals surface area contributed by atoms with Crippen LogP contribution in [-0.2, 0) is 11.4 Å². The lowest BCUT2D eigenvalue weighted by molar-refractivity contribution is -0.384. The Morgan fingerprint density at radius 1 is 1.09 bits per heavy atom. The molecule has 0 aliphatic carbocycles. The molecule has 0 aromatic heterocycles. The summed E-state index contributed by atoms with van der Waals surface area (Å²) in [6.07, 6.45) is 1.42. The van der Waals surface area contributed by atoms with E-state index in [1.54, 1.807) is 12.1 Å². The Morgan fingerprint density at radius 3 is 2.41 bits per heavy atom. The lowest BCUT2D eigenvalue weighted by Gasteiger charge is -2.12. The monoisotopic (exact) mass is 555 g/mol. The first kappa shape index (κ1) is 23.2. The van der Waals surface area contributed by atoms with Crippen molar-refractivity contribution in [3.8, 4) is 11.8 Å². The SMILES string of the molecule is N#C/C(=C\c1cc(Br)c(OCc2ccccc2)c(Br)c1)C(=O)Nc1cccc([N+](=O)[O-])c1. The smallest absolute Gasteiger partial charge is 0.271 e. The molecule has 32 heavy (non-hydrogen) atoms. The van der Waals surface area contributed by atoms with Gasteiger partial charge in [-0.3, -0.25) is 14.9 Å². The van der Waals surface area contributed by atoms with Crippen LogP contribution in [0.3, 0.4) is 0 Å². The summed E-state index contributed by atoms with van der Waals surface area (Å²) in [5.41, 5.74) is 1.50. The Hall–Kier alpha value is -3.48. The Balaban J connectivity index is 1.78. The predicted molar refractivity (Wildman–Crippen MR) is 128 cm³/mol. The van der Waals surface area contributed by atoms with E-state index in [0.717, 1.165) is 5.56 Å². The van der Waals surface area contributed by atoms with Gasteiger partial charge in [0.2, 0.25) is 0 Å². The predicted octanol–water partition coefficient (Wildman–Crippen LogP) is 6.24. The van der Waals surface area contributed by atoms with Gasteiger partial charge in [0.15, 0.2) is 0 Å². The molecule has 0 radical (unpaired) electrons. The number of nitrogens with one attached hydrogen (secondary N) is 1. The number of nitrogens with zero attached hydrogens (tertiary/aromatic N) is 2. The molecule has 0 saturated heterocycles. The van der Waals surface area contributed by atoms with Gasteiger partial charge in [-0.05, 0) is 67.3 Å². The van der Waals surface area contributed by atoms with Crippen LogP contribution >= 0.6 is 31.9 Å². The summed E-state index contributed by atoms with van der Waals surface area (Å²) in [5.74, 6) is -0.0878. The van der Waals surface area contributed by atoms with Crippen LogP contribution in [0.25, 0.3) is 6.08 Å². The van der Waals surface area contributed by atoms with E-state index in [2.05, 4.69) is 37.2 Å². The molecule has 0 aliphatic heterocycles. The largest absolute Gasteiger partial charge is 0.487 e. The van der Waals surface area contributed by atoms with Crippen molar-refractivity contribution < 1.29 is 14.5 Å². The van der Waals surface area contributed by atoms with Crippen LogP contribution in [0.5, 0.6) is 5.75 Å². The molecule has 1 N–H and O–H groups in total. The number of amides is 1. The van der Waals surface area contributed by atoms with Gasteiger partial charge in [-0.2, -0.15) is 5.26 Å². The summed E-state index contributed by atoms with van der Waals surface area (Å²) in [7, 11) is 0. The van der Waals surface area contributed by atoms with E-state index in [0.29, 0.717) is 26.9 Å². The van der Waals surface area contributed by atoms with Gasteiger partial charge in [0.1, 0.15) is 24.0 Å². The first-order valence-corrected chi connectivity index (χ1v) is 10.8. The minimum atomic E-state index is -0.676. The molecule has 0 fully saturated rings. The van der Waals surface area contributed by atoms with Gasteiger partial charge >= 0.3 is 0 Å². The lowest BCUT2D eigenvalue weighted by Crippen LogP contribution is -2.13. The minimum absolute atomic E-state index is 0.159. The zero-order valence-corrected chi connectivity index (χ0v) is 19.6. The third-order valence-corrected chi connectivity index (χ3v) is 5.42. The van der Waals surface area contributed by atoms with E-state index in [4.69, 9.17) is 4.74 Å². The maximum Gasteiger partial charge on any atom is 0.271 e. The molecular weight excluding hydrogens is 542 g/mol. The van der Waals surface area contributed by atoms with Crippen LogP contribution in [-0.4, -0.2) is 10.8 Å². The van der Waals surface area contributed by atoms with Crippen molar-refractivity contribution in [1.82, 2.24) is 0 Å². The number of rotatable bonds is 7. The van der Waals surface area contributed by atoms with Crippen molar-refractivity contribution >= 4 is 55.2 Å². The van der Waals surface area contributed by atoms with Crippen LogP contribution in [0, 0.1) is 21.4 Å². The van der Waals surface area contributed by atoms with E-state index in [1.165, 1.54) is 30.3 Å². The fourth-order valence-electron chi connectivity index (χ4n) is 2.74. The second-order valence-corrected chi connectivity index (χ2v) is 8.23. The number of halogens is 2. The van der Waals surface area contributed by atoms with Crippen LogP contribution in [0.4, 0.5) is 11.4 Å². The second kappa shape index (κ2) is 10.7. The number of carbonyl (C=O) groups is 1. The van der Waals surface area contributed by atoms with Gasteiger partial charge in [-0.1, -0.05) is 36.4 Å². The van der Waals surface area contributed by atoms with Crippen LogP contribution in [0.1, 0.15) is 11.1 Å². The van der Waals surface area contributed by atoms with E-state index < -0.39 is 10.8 Å². The molecule has 7 nitrogen and oxygen atoms in total. The number of hydrogen-bond acceptors (Lipinski definition) is 5. The zero-order chi connectivity index (χ0) is 23.1. The molecule has 0 saturated carbocycles. The molecular formula is C23H15Br2N3O4. The second-order valence-electron chi connectivity index (χ2n) is 6.52. The quantitative estimate of drug-likeness (QED) is 0.160. The molecule has 0 aliphatic rings. The highest BCUT2D eigenvalue weighted by molar-refractivity contribution is 9.11. The van der Waals surface area contributed by atoms with Crippen molar-refractivity contribution in [2.75, 3.05) is 5.32 Å².